The molecule has 1 aromatic rings. The summed E-state index contributed by atoms with van der Waals surface area (Å²) >= 11 is 0. The quantitative estimate of drug-likeness (QED) is 0.833. The van der Waals surface area contributed by atoms with Crippen molar-refractivity contribution < 1.29 is 4.79 Å². The summed E-state index contributed by atoms with van der Waals surface area (Å²) < 4.78 is 0. The first-order valence-corrected chi connectivity index (χ1v) is 8.11. The summed E-state index contributed by atoms with van der Waals surface area (Å²) in [6.45, 7) is 6.12. The number of carbonyl (C=O) groups excluding carboxylic acids is 1. The Labute approximate surface area is 132 Å². The van der Waals surface area contributed by atoms with Crippen molar-refractivity contribution in [2.75, 3.05) is 33.2 Å². The molecule has 2 fully saturated rings. The first-order chi connectivity index (χ1) is 10.5. The number of nitrogens with one attached hydrogen (secondary N) is 1. The topological polar surface area (TPSA) is 61.6 Å². The summed E-state index contributed by atoms with van der Waals surface area (Å²) in [5.41, 5.74) is 7.74. The van der Waals surface area contributed by atoms with E-state index >= 15 is 0 Å². The van der Waals surface area contributed by atoms with E-state index in [9.17, 15) is 4.79 Å². The molecule has 1 aliphatic heterocycles. The number of likely N-dealkylation sites (N-methyl/N-ethyl adjacent to an activating group) is 1. The lowest BCUT2D eigenvalue weighted by atomic mass is 10.1. The Kier molecular flexibility index (Phi) is 4.47. The van der Waals surface area contributed by atoms with E-state index in [0.717, 1.165) is 51.1 Å². The number of nitrogens with two attached hydrogens (primary N) is 1. The van der Waals surface area contributed by atoms with Crippen LogP contribution in [0.2, 0.25) is 0 Å². The molecule has 2 aliphatic rings. The molecule has 0 bridgehead atoms. The van der Waals surface area contributed by atoms with Gasteiger partial charge in [0.25, 0.3) is 0 Å². The van der Waals surface area contributed by atoms with Crippen molar-refractivity contribution in [1.82, 2.24) is 15.1 Å². The molecule has 5 nitrogen and oxygen atoms in total. The molecule has 1 amide bonds. The van der Waals surface area contributed by atoms with Crippen molar-refractivity contribution in [2.24, 2.45) is 5.73 Å². The van der Waals surface area contributed by atoms with E-state index in [1.807, 2.05) is 0 Å². The highest BCUT2D eigenvalue weighted by atomic mass is 16.2. The monoisotopic (exact) mass is 302 g/mol. The molecule has 3 rings (SSSR count). The second-order valence-corrected chi connectivity index (χ2v) is 6.73. The fourth-order valence-electron chi connectivity index (χ4n) is 2.75. The molecule has 0 atom stereocenters. The average molecular weight is 302 g/mol. The molecule has 1 saturated carbocycles. The van der Waals surface area contributed by atoms with E-state index in [-0.39, 0.29) is 5.91 Å². The fraction of sp³-hybridized carbons (Fsp3) is 0.588. The summed E-state index contributed by atoms with van der Waals surface area (Å²) in [4.78, 5) is 16.7. The Morgan fingerprint density at radius 2 is 1.73 bits per heavy atom. The summed E-state index contributed by atoms with van der Waals surface area (Å²) in [6, 6.07) is 8.52. The fourth-order valence-corrected chi connectivity index (χ4v) is 2.75. The van der Waals surface area contributed by atoms with Crippen molar-refractivity contribution in [3.8, 4) is 0 Å². The van der Waals surface area contributed by atoms with Crippen LogP contribution >= 0.6 is 0 Å². The SMILES string of the molecule is CN1CCN(Cc2ccc(CNC(=O)C3(N)CC3)cc2)CC1. The summed E-state index contributed by atoms with van der Waals surface area (Å²) in [5.74, 6) is -0.0194. The molecule has 0 radical (unpaired) electrons. The molecule has 1 saturated heterocycles. The van der Waals surface area contributed by atoms with Gasteiger partial charge in [0.05, 0.1) is 5.54 Å². The molecule has 0 aromatic heterocycles. The van der Waals surface area contributed by atoms with Gasteiger partial charge >= 0.3 is 0 Å². The van der Waals surface area contributed by atoms with Crippen LogP contribution in [-0.2, 0) is 17.9 Å². The lowest BCUT2D eigenvalue weighted by molar-refractivity contribution is -0.123. The van der Waals surface area contributed by atoms with Gasteiger partial charge in [-0.25, -0.2) is 0 Å². The molecule has 0 unspecified atom stereocenters. The number of benzene rings is 1. The molecule has 1 aliphatic carbocycles. The Morgan fingerprint density at radius 3 is 2.32 bits per heavy atom. The maximum Gasteiger partial charge on any atom is 0.240 e. The summed E-state index contributed by atoms with van der Waals surface area (Å²) in [5, 5.41) is 2.93. The number of hydrogen-bond donors (Lipinski definition) is 2. The van der Waals surface area contributed by atoms with Gasteiger partial charge in [0.1, 0.15) is 0 Å². The molecule has 0 spiro atoms. The van der Waals surface area contributed by atoms with Gasteiger partial charge in [-0.2, -0.15) is 0 Å². The highest BCUT2D eigenvalue weighted by Gasteiger charge is 2.45. The third-order valence-electron chi connectivity index (χ3n) is 4.72. The Bertz CT molecular complexity index is 516. The Balaban J connectivity index is 1.46. The first-order valence-electron chi connectivity index (χ1n) is 8.11. The standard InChI is InChI=1S/C17H26N4O/c1-20-8-10-21(11-9-20)13-15-4-2-14(3-5-15)12-19-16(22)17(18)6-7-17/h2-5H,6-13,18H2,1H3,(H,19,22). The zero-order valence-corrected chi connectivity index (χ0v) is 13.3. The van der Waals surface area contributed by atoms with Crippen LogP contribution in [0.15, 0.2) is 24.3 Å². The van der Waals surface area contributed by atoms with E-state index in [2.05, 4.69) is 46.4 Å². The van der Waals surface area contributed by atoms with E-state index < -0.39 is 5.54 Å². The summed E-state index contributed by atoms with van der Waals surface area (Å²) in [7, 11) is 2.17. The number of nitrogens with zero attached hydrogens (tertiary/aromatic N) is 2. The lowest BCUT2D eigenvalue weighted by Gasteiger charge is -2.32. The molecule has 3 N–H and O–H groups in total. The zero-order valence-electron chi connectivity index (χ0n) is 13.3. The Hall–Kier alpha value is -1.43. The van der Waals surface area contributed by atoms with Gasteiger partial charge in [-0.1, -0.05) is 24.3 Å². The van der Waals surface area contributed by atoms with Crippen LogP contribution in [0.3, 0.4) is 0 Å². The maximum absolute atomic E-state index is 11.8. The van der Waals surface area contributed by atoms with E-state index in [1.165, 1.54) is 5.56 Å². The second-order valence-electron chi connectivity index (χ2n) is 6.73. The number of hydrogen-bond acceptors (Lipinski definition) is 4. The molecule has 5 heteroatoms. The number of carbonyl (C=O) groups is 1. The van der Waals surface area contributed by atoms with Crippen LogP contribution in [0.5, 0.6) is 0 Å². The summed E-state index contributed by atoms with van der Waals surface area (Å²) in [6.07, 6.45) is 1.62. The van der Waals surface area contributed by atoms with Gasteiger partial charge < -0.3 is 16.0 Å². The van der Waals surface area contributed by atoms with E-state index in [4.69, 9.17) is 5.73 Å². The normalized spacial score (nSPS) is 21.5. The lowest BCUT2D eigenvalue weighted by Crippen LogP contribution is -2.43. The van der Waals surface area contributed by atoms with Crippen molar-refractivity contribution in [3.63, 3.8) is 0 Å². The minimum atomic E-state index is -0.582. The largest absolute Gasteiger partial charge is 0.350 e. The average Bonchev–Trinajstić information content (AvgIpc) is 3.28. The van der Waals surface area contributed by atoms with Gasteiger partial charge in [-0.05, 0) is 31.0 Å². The van der Waals surface area contributed by atoms with Crippen LogP contribution in [0.4, 0.5) is 0 Å². The predicted octanol–water partition coefficient (Wildman–Crippen LogP) is 0.542. The van der Waals surface area contributed by atoms with Gasteiger partial charge in [0.2, 0.25) is 5.91 Å². The van der Waals surface area contributed by atoms with Gasteiger partial charge in [-0.3, -0.25) is 9.69 Å². The van der Waals surface area contributed by atoms with Gasteiger partial charge in [0, 0.05) is 39.3 Å². The van der Waals surface area contributed by atoms with Crippen LogP contribution in [0, 0.1) is 0 Å². The third kappa shape index (κ3) is 3.85. The highest BCUT2D eigenvalue weighted by Crippen LogP contribution is 2.32. The van der Waals surface area contributed by atoms with Crippen molar-refractivity contribution >= 4 is 5.91 Å². The van der Waals surface area contributed by atoms with Gasteiger partial charge in [-0.15, -0.1) is 0 Å². The molecule has 1 heterocycles. The zero-order chi connectivity index (χ0) is 15.6. The molecule has 120 valence electrons. The van der Waals surface area contributed by atoms with Crippen LogP contribution in [0.25, 0.3) is 0 Å². The number of rotatable bonds is 5. The Morgan fingerprint density at radius 1 is 1.14 bits per heavy atom. The third-order valence-corrected chi connectivity index (χ3v) is 4.72. The maximum atomic E-state index is 11.8. The molecule has 1 aromatic carbocycles. The van der Waals surface area contributed by atoms with E-state index in [0.29, 0.717) is 6.54 Å². The second kappa shape index (κ2) is 6.36. The minimum absolute atomic E-state index is 0.0194. The number of amides is 1. The van der Waals surface area contributed by atoms with E-state index in [1.54, 1.807) is 0 Å². The minimum Gasteiger partial charge on any atom is -0.350 e. The van der Waals surface area contributed by atoms with Gasteiger partial charge in [0.15, 0.2) is 0 Å². The van der Waals surface area contributed by atoms with Crippen LogP contribution in [-0.4, -0.2) is 54.5 Å². The predicted molar refractivity (Wildman–Crippen MR) is 87.2 cm³/mol. The van der Waals surface area contributed by atoms with Crippen LogP contribution in [0.1, 0.15) is 24.0 Å². The van der Waals surface area contributed by atoms with Crippen LogP contribution < -0.4 is 11.1 Å². The number of piperazine rings is 1. The smallest absolute Gasteiger partial charge is 0.240 e. The van der Waals surface area contributed by atoms with Crippen molar-refractivity contribution in [2.45, 2.75) is 31.5 Å². The molecule has 22 heavy (non-hydrogen) atoms. The highest BCUT2D eigenvalue weighted by molar-refractivity contribution is 5.88. The van der Waals surface area contributed by atoms with Crippen molar-refractivity contribution in [1.29, 1.82) is 0 Å². The first kappa shape index (κ1) is 15.5. The van der Waals surface area contributed by atoms with Crippen molar-refractivity contribution in [3.05, 3.63) is 35.4 Å². The molecular formula is C17H26N4O. The molecular weight excluding hydrogens is 276 g/mol.